The predicted molar refractivity (Wildman–Crippen MR) is 107 cm³/mol. The van der Waals surface area contributed by atoms with Gasteiger partial charge in [-0.15, -0.1) is 0 Å². The van der Waals surface area contributed by atoms with Gasteiger partial charge in [-0.3, -0.25) is 4.79 Å². The number of nitrogens with zero attached hydrogens (tertiary/aromatic N) is 2. The van der Waals surface area contributed by atoms with Crippen molar-refractivity contribution in [2.75, 3.05) is 23.4 Å². The van der Waals surface area contributed by atoms with Crippen LogP contribution >= 0.6 is 23.4 Å². The first-order valence-corrected chi connectivity index (χ1v) is 9.49. The summed E-state index contributed by atoms with van der Waals surface area (Å²) in [5.41, 5.74) is 1.99. The molecule has 0 saturated carbocycles. The summed E-state index contributed by atoms with van der Waals surface area (Å²) < 4.78 is 5.78. The number of ketones is 1. The van der Waals surface area contributed by atoms with E-state index >= 15 is 0 Å². The number of carbonyl (C=O) groups excluding carboxylic acids is 1. The maximum Gasteiger partial charge on any atom is 0.204 e. The summed E-state index contributed by atoms with van der Waals surface area (Å²) >= 11 is 7.69. The number of rotatable bonds is 3. The van der Waals surface area contributed by atoms with E-state index in [1.807, 2.05) is 54.4 Å². The first-order chi connectivity index (χ1) is 12.6. The molecule has 2 aromatic rings. The van der Waals surface area contributed by atoms with Crippen LogP contribution in [0.5, 0.6) is 5.75 Å². The molecule has 26 heavy (non-hydrogen) atoms. The van der Waals surface area contributed by atoms with Gasteiger partial charge in [-0.25, -0.2) is 0 Å². The molecule has 0 aromatic heterocycles. The number of benzene rings is 2. The second kappa shape index (κ2) is 6.74. The van der Waals surface area contributed by atoms with Gasteiger partial charge in [-0.1, -0.05) is 35.5 Å². The average Bonchev–Trinajstić information content (AvgIpc) is 3.12. The first kappa shape index (κ1) is 17.1. The Hall–Kier alpha value is -2.37. The molecular weight excluding hydrogens is 368 g/mol. The smallest absolute Gasteiger partial charge is 0.204 e. The summed E-state index contributed by atoms with van der Waals surface area (Å²) in [4.78, 5) is 17.7. The third-order valence-corrected chi connectivity index (χ3v) is 5.66. The Morgan fingerprint density at radius 2 is 2.00 bits per heavy atom. The van der Waals surface area contributed by atoms with E-state index in [9.17, 15) is 4.79 Å². The number of para-hydroxylation sites is 2. The summed E-state index contributed by atoms with van der Waals surface area (Å²) in [5, 5.41) is 1.58. The van der Waals surface area contributed by atoms with Crippen LogP contribution < -0.4 is 14.5 Å². The number of carbonyl (C=O) groups is 1. The van der Waals surface area contributed by atoms with Gasteiger partial charge in [0.15, 0.2) is 11.5 Å². The number of hydrogen-bond acceptors (Lipinski definition) is 5. The molecule has 2 aliphatic rings. The van der Waals surface area contributed by atoms with Gasteiger partial charge < -0.3 is 14.5 Å². The molecule has 4 nitrogen and oxygen atoms in total. The van der Waals surface area contributed by atoms with Gasteiger partial charge in [-0.05, 0) is 37.3 Å². The van der Waals surface area contributed by atoms with Crippen molar-refractivity contribution in [3.05, 3.63) is 70.6 Å². The van der Waals surface area contributed by atoms with E-state index in [0.717, 1.165) is 33.6 Å². The van der Waals surface area contributed by atoms with Gasteiger partial charge in [0.1, 0.15) is 0 Å². The lowest BCUT2D eigenvalue weighted by Crippen LogP contribution is -2.18. The van der Waals surface area contributed by atoms with Gasteiger partial charge in [-0.2, -0.15) is 0 Å². The molecule has 0 radical (unpaired) electrons. The van der Waals surface area contributed by atoms with E-state index in [4.69, 9.17) is 16.3 Å². The van der Waals surface area contributed by atoms with Crippen LogP contribution in [0.4, 0.5) is 11.4 Å². The van der Waals surface area contributed by atoms with Gasteiger partial charge in [0, 0.05) is 35.7 Å². The van der Waals surface area contributed by atoms with Crippen molar-refractivity contribution in [3.63, 3.8) is 0 Å². The highest BCUT2D eigenvalue weighted by Crippen LogP contribution is 2.46. The normalized spacial score (nSPS) is 18.3. The molecule has 2 heterocycles. The second-order valence-corrected chi connectivity index (χ2v) is 7.45. The van der Waals surface area contributed by atoms with Gasteiger partial charge >= 0.3 is 0 Å². The van der Waals surface area contributed by atoms with Crippen LogP contribution in [0.15, 0.2) is 70.4 Å². The third-order valence-electron chi connectivity index (χ3n) is 4.31. The number of hydrogen-bond donors (Lipinski definition) is 0. The highest BCUT2D eigenvalue weighted by molar-refractivity contribution is 8.03. The fraction of sp³-hybridized carbons (Fsp3) is 0.150. The molecule has 2 aromatic carbocycles. The third kappa shape index (κ3) is 2.97. The minimum absolute atomic E-state index is 0.112. The minimum Gasteiger partial charge on any atom is -0.438 e. The van der Waals surface area contributed by atoms with Crippen molar-refractivity contribution >= 4 is 40.5 Å². The molecule has 0 saturated heterocycles. The molecule has 0 amide bonds. The van der Waals surface area contributed by atoms with Crippen molar-refractivity contribution in [2.45, 2.75) is 11.8 Å². The Morgan fingerprint density at radius 1 is 1.19 bits per heavy atom. The number of halogens is 1. The van der Waals surface area contributed by atoms with Crippen molar-refractivity contribution in [3.8, 4) is 5.75 Å². The summed E-state index contributed by atoms with van der Waals surface area (Å²) in [5.74, 6) is 1.17. The van der Waals surface area contributed by atoms with E-state index in [1.165, 1.54) is 6.08 Å². The Labute approximate surface area is 161 Å². The predicted octanol–water partition coefficient (Wildman–Crippen LogP) is 5.05. The zero-order valence-corrected chi connectivity index (χ0v) is 16.0. The van der Waals surface area contributed by atoms with E-state index in [2.05, 4.69) is 11.8 Å². The molecule has 0 N–H and O–H groups in total. The molecule has 0 bridgehead atoms. The number of allylic oxidation sites excluding steroid dienone is 2. The molecule has 0 spiro atoms. The molecule has 2 aliphatic heterocycles. The van der Waals surface area contributed by atoms with Crippen LogP contribution in [0.25, 0.3) is 0 Å². The van der Waals surface area contributed by atoms with Gasteiger partial charge in [0.05, 0.1) is 16.4 Å². The molecule has 0 fully saturated rings. The van der Waals surface area contributed by atoms with Crippen molar-refractivity contribution < 1.29 is 9.53 Å². The highest BCUT2D eigenvalue weighted by atomic mass is 35.5. The highest BCUT2D eigenvalue weighted by Gasteiger charge is 2.26. The summed E-state index contributed by atoms with van der Waals surface area (Å²) in [6.45, 7) is 2.82. The maximum absolute atomic E-state index is 12.6. The number of ether oxygens (including phenoxy) is 1. The molecule has 4 rings (SSSR count). The van der Waals surface area contributed by atoms with Crippen LogP contribution in [0.3, 0.4) is 0 Å². The quantitative estimate of drug-likeness (QED) is 0.691. The largest absolute Gasteiger partial charge is 0.438 e. The number of thioether (sulfide) groups is 1. The van der Waals surface area contributed by atoms with Crippen LogP contribution in [-0.2, 0) is 4.79 Å². The van der Waals surface area contributed by atoms with Crippen LogP contribution in [0.2, 0.25) is 5.02 Å². The number of fused-ring (bicyclic) bond motifs is 2. The SMILES string of the molecule is CCN1C(=CC(=O)C=C2Oc3ccccc3N2C)Sc2ccc(Cl)cc21. The lowest BCUT2D eigenvalue weighted by atomic mass is 10.3. The van der Waals surface area contributed by atoms with E-state index in [1.54, 1.807) is 17.8 Å². The standard InChI is InChI=1S/C20H17ClN2O2S/c1-3-23-16-10-13(21)8-9-18(16)26-20(23)12-14(24)11-19-22(2)15-6-4-5-7-17(15)25-19/h4-12H,3H2,1-2H3. The Morgan fingerprint density at radius 3 is 2.77 bits per heavy atom. The van der Waals surface area contributed by atoms with Crippen LogP contribution in [0.1, 0.15) is 6.92 Å². The molecule has 0 aliphatic carbocycles. The van der Waals surface area contributed by atoms with Crippen LogP contribution in [0, 0.1) is 0 Å². The lowest BCUT2D eigenvalue weighted by Gasteiger charge is -2.17. The molecule has 6 heteroatoms. The number of anilines is 2. The molecular formula is C20H17ClN2O2S. The lowest BCUT2D eigenvalue weighted by molar-refractivity contribution is -0.110. The second-order valence-electron chi connectivity index (χ2n) is 5.95. The van der Waals surface area contributed by atoms with E-state index in [-0.39, 0.29) is 5.78 Å². The average molecular weight is 385 g/mol. The Bertz CT molecular complexity index is 955. The summed E-state index contributed by atoms with van der Waals surface area (Å²) in [6, 6.07) is 13.5. The van der Waals surface area contributed by atoms with E-state index in [0.29, 0.717) is 10.9 Å². The van der Waals surface area contributed by atoms with Crippen LogP contribution in [-0.4, -0.2) is 19.4 Å². The minimum atomic E-state index is -0.112. The van der Waals surface area contributed by atoms with Crippen molar-refractivity contribution in [1.82, 2.24) is 0 Å². The zero-order chi connectivity index (χ0) is 18.3. The fourth-order valence-corrected chi connectivity index (χ4v) is 4.35. The van der Waals surface area contributed by atoms with Crippen molar-refractivity contribution in [2.24, 2.45) is 0 Å². The monoisotopic (exact) mass is 384 g/mol. The van der Waals surface area contributed by atoms with Gasteiger partial charge in [0.2, 0.25) is 5.88 Å². The zero-order valence-electron chi connectivity index (χ0n) is 14.4. The fourth-order valence-electron chi connectivity index (χ4n) is 3.04. The molecule has 132 valence electrons. The van der Waals surface area contributed by atoms with Crippen molar-refractivity contribution in [1.29, 1.82) is 0 Å². The summed E-state index contributed by atoms with van der Waals surface area (Å²) in [6.07, 6.45) is 3.17. The van der Waals surface area contributed by atoms with Gasteiger partial charge in [0.25, 0.3) is 0 Å². The summed E-state index contributed by atoms with van der Waals surface area (Å²) in [7, 11) is 1.89. The first-order valence-electron chi connectivity index (χ1n) is 8.29. The Kier molecular flexibility index (Phi) is 4.42. The molecule has 0 unspecified atom stereocenters. The van der Waals surface area contributed by atoms with E-state index < -0.39 is 0 Å². The maximum atomic E-state index is 12.6. The Balaban J connectivity index is 1.59. The molecule has 0 atom stereocenters. The topological polar surface area (TPSA) is 32.8 Å².